The second-order valence-corrected chi connectivity index (χ2v) is 7.43. The molecular formula is C22H24FN5O2. The lowest BCUT2D eigenvalue weighted by atomic mass is 9.84. The molecule has 2 N–H and O–H groups in total. The molecule has 0 aliphatic carbocycles. The molecule has 3 aromatic rings. The molecule has 8 heteroatoms. The fourth-order valence-electron chi connectivity index (χ4n) is 2.81. The first-order valence-corrected chi connectivity index (χ1v) is 9.48. The van der Waals surface area contributed by atoms with Crippen molar-refractivity contribution in [1.29, 1.82) is 0 Å². The van der Waals surface area contributed by atoms with Gasteiger partial charge in [0.25, 0.3) is 0 Å². The predicted octanol–water partition coefficient (Wildman–Crippen LogP) is 3.92. The Labute approximate surface area is 174 Å². The summed E-state index contributed by atoms with van der Waals surface area (Å²) in [7, 11) is 1.31. The molecule has 1 aromatic carbocycles. The first-order valence-electron chi connectivity index (χ1n) is 9.48. The van der Waals surface area contributed by atoms with E-state index in [9.17, 15) is 9.18 Å². The highest BCUT2D eigenvalue weighted by atomic mass is 19.1. The number of hydrogen-bond acceptors (Lipinski definition) is 6. The predicted molar refractivity (Wildman–Crippen MR) is 112 cm³/mol. The van der Waals surface area contributed by atoms with Crippen molar-refractivity contribution in [3.05, 3.63) is 71.8 Å². The molecular weight excluding hydrogens is 385 g/mol. The molecule has 2 heterocycles. The highest BCUT2D eigenvalue weighted by Crippen LogP contribution is 2.24. The largest absolute Gasteiger partial charge is 0.453 e. The number of amides is 1. The van der Waals surface area contributed by atoms with Crippen LogP contribution in [0, 0.1) is 5.82 Å². The molecule has 0 saturated heterocycles. The second-order valence-electron chi connectivity index (χ2n) is 7.43. The zero-order valence-corrected chi connectivity index (χ0v) is 17.1. The zero-order chi connectivity index (χ0) is 21.6. The number of benzene rings is 1. The van der Waals surface area contributed by atoms with E-state index in [0.29, 0.717) is 23.8 Å². The van der Waals surface area contributed by atoms with Crippen LogP contribution in [0.5, 0.6) is 0 Å². The van der Waals surface area contributed by atoms with Crippen molar-refractivity contribution in [2.45, 2.75) is 25.8 Å². The number of rotatable bonds is 7. The molecule has 0 atom stereocenters. The van der Waals surface area contributed by atoms with E-state index in [1.807, 2.05) is 24.3 Å². The number of nitrogens with one attached hydrogen (secondary N) is 2. The summed E-state index contributed by atoms with van der Waals surface area (Å²) >= 11 is 0. The molecule has 3 rings (SSSR count). The fourth-order valence-corrected chi connectivity index (χ4v) is 2.81. The highest BCUT2D eigenvalue weighted by Gasteiger charge is 2.20. The van der Waals surface area contributed by atoms with E-state index in [1.165, 1.54) is 19.2 Å². The molecule has 0 spiro atoms. The van der Waals surface area contributed by atoms with E-state index in [1.54, 1.807) is 18.3 Å². The van der Waals surface area contributed by atoms with Crippen LogP contribution < -0.4 is 10.6 Å². The summed E-state index contributed by atoms with van der Waals surface area (Å²) in [5.41, 5.74) is 3.06. The summed E-state index contributed by atoms with van der Waals surface area (Å²) in [6, 6.07) is 13.9. The SMILES string of the molecule is COC(=O)NCc1ccc(-c2ccc(NCC(C)(C)c3ccc(F)cc3)nn2)cn1. The van der Waals surface area contributed by atoms with Gasteiger partial charge in [-0.05, 0) is 42.0 Å². The Kier molecular flexibility index (Phi) is 6.56. The molecule has 0 unspecified atom stereocenters. The summed E-state index contributed by atoms with van der Waals surface area (Å²) < 4.78 is 17.7. The van der Waals surface area contributed by atoms with Crippen molar-refractivity contribution in [1.82, 2.24) is 20.5 Å². The van der Waals surface area contributed by atoms with Gasteiger partial charge in [0.1, 0.15) is 11.6 Å². The van der Waals surface area contributed by atoms with Crippen molar-refractivity contribution < 1.29 is 13.9 Å². The first kappa shape index (κ1) is 21.2. The Morgan fingerprint density at radius 3 is 2.43 bits per heavy atom. The maximum absolute atomic E-state index is 13.2. The van der Waals surface area contributed by atoms with Gasteiger partial charge in [0.05, 0.1) is 25.0 Å². The third-order valence-electron chi connectivity index (χ3n) is 4.72. The molecule has 1 amide bonds. The van der Waals surface area contributed by atoms with Crippen LogP contribution in [0.25, 0.3) is 11.3 Å². The second kappa shape index (κ2) is 9.30. The number of pyridine rings is 1. The van der Waals surface area contributed by atoms with Crippen LogP contribution in [0.4, 0.5) is 15.0 Å². The van der Waals surface area contributed by atoms with Gasteiger partial charge in [-0.15, -0.1) is 10.2 Å². The van der Waals surface area contributed by atoms with E-state index in [0.717, 1.165) is 11.1 Å². The standard InChI is InChI=1S/C22H24FN5O2/c1-22(2,16-5-7-17(23)8-6-16)14-26-20-11-10-19(27-28-20)15-4-9-18(24-12-15)13-25-21(29)30-3/h4-12H,13-14H2,1-3H3,(H,25,29)(H,26,28). The molecule has 30 heavy (non-hydrogen) atoms. The average molecular weight is 409 g/mol. The van der Waals surface area contributed by atoms with Crippen LogP contribution in [0.1, 0.15) is 25.1 Å². The summed E-state index contributed by atoms with van der Waals surface area (Å²) in [6.45, 7) is 5.07. The summed E-state index contributed by atoms with van der Waals surface area (Å²) in [5, 5.41) is 14.4. The molecule has 0 saturated carbocycles. The number of carbonyl (C=O) groups is 1. The summed E-state index contributed by atoms with van der Waals surface area (Å²) in [4.78, 5) is 15.4. The Bertz CT molecular complexity index is 974. The lowest BCUT2D eigenvalue weighted by Gasteiger charge is -2.25. The Hall–Kier alpha value is -3.55. The van der Waals surface area contributed by atoms with Crippen molar-refractivity contribution in [2.24, 2.45) is 0 Å². The normalized spacial score (nSPS) is 11.1. The minimum Gasteiger partial charge on any atom is -0.453 e. The number of halogens is 1. The number of hydrogen-bond donors (Lipinski definition) is 2. The highest BCUT2D eigenvalue weighted by molar-refractivity contribution is 5.66. The van der Waals surface area contributed by atoms with E-state index in [4.69, 9.17) is 0 Å². The van der Waals surface area contributed by atoms with Gasteiger partial charge in [-0.2, -0.15) is 0 Å². The minimum atomic E-state index is -0.502. The Balaban J connectivity index is 1.59. The molecule has 0 radical (unpaired) electrons. The number of ether oxygens (including phenoxy) is 1. The lowest BCUT2D eigenvalue weighted by molar-refractivity contribution is 0.170. The van der Waals surface area contributed by atoms with Crippen LogP contribution in [-0.2, 0) is 16.7 Å². The van der Waals surface area contributed by atoms with Gasteiger partial charge in [0.15, 0.2) is 0 Å². The quantitative estimate of drug-likeness (QED) is 0.615. The van der Waals surface area contributed by atoms with Crippen LogP contribution in [0.3, 0.4) is 0 Å². The van der Waals surface area contributed by atoms with Gasteiger partial charge in [-0.3, -0.25) is 4.98 Å². The number of anilines is 1. The monoisotopic (exact) mass is 409 g/mol. The Morgan fingerprint density at radius 2 is 1.83 bits per heavy atom. The molecule has 2 aromatic heterocycles. The van der Waals surface area contributed by atoms with Crippen LogP contribution in [-0.4, -0.2) is 34.9 Å². The van der Waals surface area contributed by atoms with Gasteiger partial charge in [-0.25, -0.2) is 9.18 Å². The molecule has 0 aliphatic heterocycles. The maximum atomic E-state index is 13.2. The molecule has 156 valence electrons. The van der Waals surface area contributed by atoms with Gasteiger partial charge in [-0.1, -0.05) is 26.0 Å². The third-order valence-corrected chi connectivity index (χ3v) is 4.72. The van der Waals surface area contributed by atoms with Gasteiger partial charge in [0, 0.05) is 23.7 Å². The topological polar surface area (TPSA) is 89.0 Å². The number of carbonyl (C=O) groups excluding carboxylic acids is 1. The number of aromatic nitrogens is 3. The zero-order valence-electron chi connectivity index (χ0n) is 17.1. The maximum Gasteiger partial charge on any atom is 0.407 e. The number of methoxy groups -OCH3 is 1. The Morgan fingerprint density at radius 1 is 1.07 bits per heavy atom. The van der Waals surface area contributed by atoms with E-state index in [-0.39, 0.29) is 17.8 Å². The van der Waals surface area contributed by atoms with Crippen LogP contribution in [0.2, 0.25) is 0 Å². The molecule has 0 aliphatic rings. The van der Waals surface area contributed by atoms with Crippen molar-refractivity contribution >= 4 is 11.9 Å². The smallest absolute Gasteiger partial charge is 0.407 e. The summed E-state index contributed by atoms with van der Waals surface area (Å²) in [6.07, 6.45) is 1.18. The van der Waals surface area contributed by atoms with E-state index < -0.39 is 6.09 Å². The molecule has 0 bridgehead atoms. The van der Waals surface area contributed by atoms with Gasteiger partial charge < -0.3 is 15.4 Å². The van der Waals surface area contributed by atoms with Gasteiger partial charge >= 0.3 is 6.09 Å². The molecule has 7 nitrogen and oxygen atoms in total. The van der Waals surface area contributed by atoms with Crippen molar-refractivity contribution in [3.63, 3.8) is 0 Å². The van der Waals surface area contributed by atoms with E-state index in [2.05, 4.69) is 44.4 Å². The van der Waals surface area contributed by atoms with Crippen molar-refractivity contribution in [2.75, 3.05) is 19.0 Å². The lowest BCUT2D eigenvalue weighted by Crippen LogP contribution is -2.28. The molecule has 0 fully saturated rings. The average Bonchev–Trinajstić information content (AvgIpc) is 2.77. The van der Waals surface area contributed by atoms with Gasteiger partial charge in [0.2, 0.25) is 0 Å². The number of alkyl carbamates (subject to hydrolysis) is 1. The van der Waals surface area contributed by atoms with Crippen LogP contribution >= 0.6 is 0 Å². The first-order chi connectivity index (χ1) is 14.4. The number of nitrogens with zero attached hydrogens (tertiary/aromatic N) is 3. The van der Waals surface area contributed by atoms with Crippen molar-refractivity contribution in [3.8, 4) is 11.3 Å². The fraction of sp³-hybridized carbons (Fsp3) is 0.273. The van der Waals surface area contributed by atoms with E-state index >= 15 is 0 Å². The van der Waals surface area contributed by atoms with Crippen LogP contribution in [0.15, 0.2) is 54.7 Å². The minimum absolute atomic E-state index is 0.202. The summed E-state index contributed by atoms with van der Waals surface area (Å²) in [5.74, 6) is 0.409. The third kappa shape index (κ3) is 5.50.